The molecule has 1 N–H and O–H groups in total. The van der Waals surface area contributed by atoms with Crippen LogP contribution in [0.4, 0.5) is 15.9 Å². The maximum Gasteiger partial charge on any atom is 0.144 e. The van der Waals surface area contributed by atoms with Crippen molar-refractivity contribution < 1.29 is 4.39 Å². The molecule has 2 rings (SSSR count). The van der Waals surface area contributed by atoms with Crippen LogP contribution >= 0.6 is 47.8 Å². The van der Waals surface area contributed by atoms with E-state index in [-0.39, 0.29) is 5.82 Å². The molecule has 0 saturated heterocycles. The molecule has 94 valence electrons. The number of hydrogen-bond donors (Lipinski definition) is 1. The highest BCUT2D eigenvalue weighted by atomic mass is 79.9. The molecule has 0 bridgehead atoms. The van der Waals surface area contributed by atoms with Crippen LogP contribution in [0.15, 0.2) is 37.8 Å². The summed E-state index contributed by atoms with van der Waals surface area (Å²) in [6, 6.07) is 5.06. The summed E-state index contributed by atoms with van der Waals surface area (Å²) in [4.78, 5) is 4.25. The summed E-state index contributed by atoms with van der Waals surface area (Å²) in [5.41, 5.74) is 1.62. The third-order valence-corrected chi connectivity index (χ3v) is 3.97. The normalized spacial score (nSPS) is 10.5. The van der Waals surface area contributed by atoms with E-state index in [0.29, 0.717) is 10.3 Å². The van der Waals surface area contributed by atoms with E-state index in [9.17, 15) is 4.39 Å². The van der Waals surface area contributed by atoms with E-state index < -0.39 is 0 Å². The minimum absolute atomic E-state index is 0.277. The highest BCUT2D eigenvalue weighted by molar-refractivity contribution is 9.11. The number of hydrogen-bond acceptors (Lipinski definition) is 2. The molecule has 6 heteroatoms. The average Bonchev–Trinajstić information content (AvgIpc) is 2.29. The number of halogens is 4. The van der Waals surface area contributed by atoms with E-state index in [1.54, 1.807) is 12.3 Å². The van der Waals surface area contributed by atoms with Crippen molar-refractivity contribution in [2.45, 2.75) is 6.92 Å². The van der Waals surface area contributed by atoms with Crippen LogP contribution < -0.4 is 5.32 Å². The van der Waals surface area contributed by atoms with Crippen molar-refractivity contribution in [1.82, 2.24) is 4.98 Å². The van der Waals surface area contributed by atoms with Gasteiger partial charge in [-0.1, -0.05) is 0 Å². The Morgan fingerprint density at radius 3 is 2.50 bits per heavy atom. The SMILES string of the molecule is Cc1cc(F)c(Br)cc1Nc1ncc(Br)cc1Br. The average molecular weight is 439 g/mol. The van der Waals surface area contributed by atoms with Gasteiger partial charge >= 0.3 is 0 Å². The molecule has 0 aliphatic carbocycles. The first-order valence-electron chi connectivity index (χ1n) is 5.01. The second-order valence-corrected chi connectivity index (χ2v) is 6.31. The molecule has 0 amide bonds. The van der Waals surface area contributed by atoms with E-state index >= 15 is 0 Å². The van der Waals surface area contributed by atoms with Gasteiger partial charge in [-0.3, -0.25) is 0 Å². The summed E-state index contributed by atoms with van der Waals surface area (Å²) in [7, 11) is 0. The first kappa shape index (κ1) is 14.0. The van der Waals surface area contributed by atoms with Crippen LogP contribution in [0.1, 0.15) is 5.56 Å². The van der Waals surface area contributed by atoms with Crippen molar-refractivity contribution in [2.75, 3.05) is 5.32 Å². The number of anilines is 2. The minimum atomic E-state index is -0.277. The Kier molecular flexibility index (Phi) is 4.40. The van der Waals surface area contributed by atoms with Gasteiger partial charge in [0, 0.05) is 16.4 Å². The van der Waals surface area contributed by atoms with Gasteiger partial charge in [0.05, 0.1) is 8.95 Å². The number of aromatic nitrogens is 1. The molecule has 0 aliphatic heterocycles. The smallest absolute Gasteiger partial charge is 0.144 e. The lowest BCUT2D eigenvalue weighted by Crippen LogP contribution is -1.97. The molecule has 0 unspecified atom stereocenters. The Morgan fingerprint density at radius 1 is 1.11 bits per heavy atom. The summed E-state index contributed by atoms with van der Waals surface area (Å²) in [6.45, 7) is 1.84. The summed E-state index contributed by atoms with van der Waals surface area (Å²) in [5.74, 6) is 0.403. The minimum Gasteiger partial charge on any atom is -0.339 e. The fourth-order valence-corrected chi connectivity index (χ4v) is 2.85. The zero-order valence-electron chi connectivity index (χ0n) is 9.27. The van der Waals surface area contributed by atoms with Crippen molar-refractivity contribution in [3.05, 3.63) is 49.2 Å². The monoisotopic (exact) mass is 436 g/mol. The van der Waals surface area contributed by atoms with Crippen molar-refractivity contribution in [3.63, 3.8) is 0 Å². The molecule has 1 aromatic carbocycles. The van der Waals surface area contributed by atoms with E-state index in [2.05, 4.69) is 58.1 Å². The fraction of sp³-hybridized carbons (Fsp3) is 0.0833. The molecule has 0 saturated carbocycles. The van der Waals surface area contributed by atoms with Gasteiger partial charge in [-0.25, -0.2) is 9.37 Å². The molecule has 0 spiro atoms. The highest BCUT2D eigenvalue weighted by Gasteiger charge is 2.08. The number of benzene rings is 1. The quantitative estimate of drug-likeness (QED) is 0.664. The Labute approximate surface area is 129 Å². The van der Waals surface area contributed by atoms with Crippen molar-refractivity contribution in [3.8, 4) is 0 Å². The lowest BCUT2D eigenvalue weighted by atomic mass is 10.2. The van der Waals surface area contributed by atoms with Crippen LogP contribution in [-0.2, 0) is 0 Å². The number of nitrogens with zero attached hydrogens (tertiary/aromatic N) is 1. The van der Waals surface area contributed by atoms with E-state index in [1.807, 2.05) is 13.0 Å². The molecule has 0 aliphatic rings. The maximum absolute atomic E-state index is 13.3. The van der Waals surface area contributed by atoms with Crippen LogP contribution in [0.3, 0.4) is 0 Å². The molecular weight excluding hydrogens is 431 g/mol. The summed E-state index contributed by atoms with van der Waals surface area (Å²) < 4.78 is 15.5. The van der Waals surface area contributed by atoms with E-state index in [1.165, 1.54) is 6.07 Å². The number of nitrogens with one attached hydrogen (secondary N) is 1. The van der Waals surface area contributed by atoms with Gasteiger partial charge < -0.3 is 5.32 Å². The number of aryl methyl sites for hydroxylation is 1. The first-order chi connectivity index (χ1) is 8.47. The second-order valence-electron chi connectivity index (χ2n) is 3.69. The lowest BCUT2D eigenvalue weighted by Gasteiger charge is -2.11. The topological polar surface area (TPSA) is 24.9 Å². The molecule has 0 radical (unpaired) electrons. The van der Waals surface area contributed by atoms with Gasteiger partial charge in [0.1, 0.15) is 11.6 Å². The standard InChI is InChI=1S/C12H8Br3FN2/c1-6-2-10(16)8(14)4-11(6)18-12-9(15)3-7(13)5-17-12/h2-5H,1H3,(H,17,18). The summed E-state index contributed by atoms with van der Waals surface area (Å²) >= 11 is 9.93. The summed E-state index contributed by atoms with van der Waals surface area (Å²) in [6.07, 6.45) is 1.70. The van der Waals surface area contributed by atoms with Crippen molar-refractivity contribution in [2.24, 2.45) is 0 Å². The first-order valence-corrected chi connectivity index (χ1v) is 7.39. The Balaban J connectivity index is 2.37. The molecule has 0 atom stereocenters. The lowest BCUT2D eigenvalue weighted by molar-refractivity contribution is 0.620. The van der Waals surface area contributed by atoms with Crippen LogP contribution in [0.5, 0.6) is 0 Å². The predicted octanol–water partition coefficient (Wildman–Crippen LogP) is 5.56. The molecule has 2 nitrogen and oxygen atoms in total. The van der Waals surface area contributed by atoms with Gasteiger partial charge in [0.2, 0.25) is 0 Å². The fourth-order valence-electron chi connectivity index (χ4n) is 1.42. The van der Waals surface area contributed by atoms with Crippen LogP contribution in [0.25, 0.3) is 0 Å². The van der Waals surface area contributed by atoms with Gasteiger partial charge in [-0.2, -0.15) is 0 Å². The van der Waals surface area contributed by atoms with Gasteiger partial charge in [0.15, 0.2) is 0 Å². The van der Waals surface area contributed by atoms with Crippen molar-refractivity contribution >= 4 is 59.3 Å². The van der Waals surface area contributed by atoms with E-state index in [4.69, 9.17) is 0 Å². The predicted molar refractivity (Wildman–Crippen MR) is 81.8 cm³/mol. The highest BCUT2D eigenvalue weighted by Crippen LogP contribution is 2.30. The molecule has 2 aromatic rings. The molecule has 0 fully saturated rings. The third kappa shape index (κ3) is 3.10. The molecule has 1 aromatic heterocycles. The van der Waals surface area contributed by atoms with Gasteiger partial charge in [-0.15, -0.1) is 0 Å². The van der Waals surface area contributed by atoms with E-state index in [0.717, 1.165) is 20.2 Å². The number of rotatable bonds is 2. The Morgan fingerprint density at radius 2 is 1.83 bits per heavy atom. The van der Waals surface area contributed by atoms with Crippen molar-refractivity contribution in [1.29, 1.82) is 0 Å². The molecule has 18 heavy (non-hydrogen) atoms. The van der Waals surface area contributed by atoms with Crippen LogP contribution in [0.2, 0.25) is 0 Å². The van der Waals surface area contributed by atoms with Crippen LogP contribution in [-0.4, -0.2) is 4.98 Å². The Hall–Kier alpha value is -0.460. The Bertz CT molecular complexity index is 602. The molecule has 1 heterocycles. The van der Waals surface area contributed by atoms with Crippen LogP contribution in [0, 0.1) is 12.7 Å². The zero-order chi connectivity index (χ0) is 13.3. The summed E-state index contributed by atoms with van der Waals surface area (Å²) in [5, 5.41) is 3.16. The third-order valence-electron chi connectivity index (χ3n) is 2.33. The van der Waals surface area contributed by atoms with Gasteiger partial charge in [0.25, 0.3) is 0 Å². The largest absolute Gasteiger partial charge is 0.339 e. The second kappa shape index (κ2) is 5.67. The molecular formula is C12H8Br3FN2. The maximum atomic E-state index is 13.3. The van der Waals surface area contributed by atoms with Gasteiger partial charge in [-0.05, 0) is 78.5 Å². The number of pyridine rings is 1. The zero-order valence-corrected chi connectivity index (χ0v) is 14.0.